The number of ether oxygens (including phenoxy) is 1. The summed E-state index contributed by atoms with van der Waals surface area (Å²) in [5.41, 5.74) is 2.94. The zero-order chi connectivity index (χ0) is 27.4. The van der Waals surface area contributed by atoms with Crippen molar-refractivity contribution in [1.29, 1.82) is 0 Å². The second-order valence-corrected chi connectivity index (χ2v) is 11.3. The van der Waals surface area contributed by atoms with Crippen LogP contribution in [0.15, 0.2) is 53.0 Å². The number of anilines is 2. The zero-order valence-electron chi connectivity index (χ0n) is 22.3. The van der Waals surface area contributed by atoms with Crippen molar-refractivity contribution in [2.45, 2.75) is 38.5 Å². The molecule has 0 bridgehead atoms. The molecule has 39 heavy (non-hydrogen) atoms. The molecule has 0 aromatic heterocycles. The molecule has 2 aromatic rings. The topological polar surface area (TPSA) is 78.3 Å². The molecule has 1 saturated carbocycles. The van der Waals surface area contributed by atoms with E-state index in [9.17, 15) is 9.18 Å². The number of hydrogen-bond donors (Lipinski definition) is 2. The highest BCUT2D eigenvalue weighted by Crippen LogP contribution is 2.52. The van der Waals surface area contributed by atoms with Gasteiger partial charge in [-0.05, 0) is 100 Å². The fraction of sp³-hybridized carbons (Fsp3) is 0.433. The van der Waals surface area contributed by atoms with Crippen LogP contribution in [0.5, 0.6) is 5.75 Å². The van der Waals surface area contributed by atoms with E-state index in [1.807, 2.05) is 18.3 Å². The Hall–Kier alpha value is -3.23. The average Bonchev–Trinajstić information content (AvgIpc) is 3.00. The number of carbonyl (C=O) groups is 1. The van der Waals surface area contributed by atoms with Crippen LogP contribution in [-0.2, 0) is 4.79 Å². The molecule has 1 aliphatic carbocycles. The van der Waals surface area contributed by atoms with Crippen LogP contribution in [-0.4, -0.2) is 56.1 Å². The molecule has 9 heteroatoms. The van der Waals surface area contributed by atoms with Gasteiger partial charge in [-0.2, -0.15) is 0 Å². The molecule has 206 valence electrons. The summed E-state index contributed by atoms with van der Waals surface area (Å²) in [6.45, 7) is 7.08. The lowest BCUT2D eigenvalue weighted by molar-refractivity contribution is -0.111. The van der Waals surface area contributed by atoms with E-state index >= 15 is 0 Å². The molecule has 2 N–H and O–H groups in total. The number of likely N-dealkylation sites (tertiary alicyclic amines) is 1. The monoisotopic (exact) mass is 551 g/mol. The van der Waals surface area contributed by atoms with Gasteiger partial charge in [0.25, 0.3) is 0 Å². The van der Waals surface area contributed by atoms with Crippen LogP contribution in [0.1, 0.15) is 44.1 Å². The number of aliphatic imine (C=N–C) groups is 2. The molecule has 1 amide bonds. The van der Waals surface area contributed by atoms with Crippen LogP contribution in [0.2, 0.25) is 5.02 Å². The number of halogens is 2. The highest BCUT2D eigenvalue weighted by Gasteiger charge is 2.45. The summed E-state index contributed by atoms with van der Waals surface area (Å²) in [5.74, 6) is 0.779. The largest absolute Gasteiger partial charge is 0.491 e. The van der Waals surface area contributed by atoms with Crippen molar-refractivity contribution in [2.75, 3.05) is 43.9 Å². The molecule has 7 nitrogen and oxygen atoms in total. The maximum absolute atomic E-state index is 13.7. The average molecular weight is 552 g/mol. The lowest BCUT2D eigenvalue weighted by Crippen LogP contribution is -2.47. The third-order valence-electron chi connectivity index (χ3n) is 7.94. The van der Waals surface area contributed by atoms with E-state index in [0.29, 0.717) is 58.7 Å². The molecule has 2 aliphatic heterocycles. The third-order valence-corrected chi connectivity index (χ3v) is 8.23. The lowest BCUT2D eigenvalue weighted by Gasteiger charge is -2.51. The Morgan fingerprint density at radius 3 is 2.82 bits per heavy atom. The Morgan fingerprint density at radius 1 is 1.28 bits per heavy atom. The molecule has 0 atom stereocenters. The Labute approximate surface area is 234 Å². The second kappa shape index (κ2) is 11.9. The standard InChI is InChI=1S/C30H35ClFN5O2/c1-3-28(38)36-26-15-22-25(16-27(26)39-19-20-17-30(18-20)8-12-37(2)13-9-30)33-10-4-5-11-34-29(22)35-21-6-7-24(32)23(31)14-21/h3,6-7,10,14-16,20H,1,4-5,8-9,11-13,17-19H2,2H3,(H,34,35)(H,36,38)/b33-10-. The van der Waals surface area contributed by atoms with E-state index < -0.39 is 5.82 Å². The van der Waals surface area contributed by atoms with Crippen LogP contribution in [0.25, 0.3) is 0 Å². The van der Waals surface area contributed by atoms with Gasteiger partial charge in [0.05, 0.1) is 23.0 Å². The van der Waals surface area contributed by atoms with Crippen LogP contribution >= 0.6 is 11.6 Å². The van der Waals surface area contributed by atoms with E-state index in [1.54, 1.807) is 6.07 Å². The van der Waals surface area contributed by atoms with E-state index in [2.05, 4.69) is 29.2 Å². The molecular weight excluding hydrogens is 517 g/mol. The van der Waals surface area contributed by atoms with Crippen LogP contribution < -0.4 is 15.4 Å². The molecule has 0 unspecified atom stereocenters. The molecule has 1 spiro atoms. The van der Waals surface area contributed by atoms with Crippen molar-refractivity contribution in [2.24, 2.45) is 21.3 Å². The van der Waals surface area contributed by atoms with Crippen molar-refractivity contribution in [1.82, 2.24) is 4.90 Å². The van der Waals surface area contributed by atoms with Crippen molar-refractivity contribution in [3.05, 3.63) is 59.4 Å². The summed E-state index contributed by atoms with van der Waals surface area (Å²) in [6.07, 6.45) is 9.59. The Morgan fingerprint density at radius 2 is 2.08 bits per heavy atom. The Balaban J connectivity index is 1.40. The van der Waals surface area contributed by atoms with Crippen molar-refractivity contribution >= 4 is 46.6 Å². The molecule has 2 aromatic carbocycles. The summed E-state index contributed by atoms with van der Waals surface area (Å²) in [4.78, 5) is 24.2. The van der Waals surface area contributed by atoms with Crippen molar-refractivity contribution < 1.29 is 13.9 Å². The number of fused-ring (bicyclic) bond motifs is 1. The highest BCUT2D eigenvalue weighted by atomic mass is 35.5. The predicted molar refractivity (Wildman–Crippen MR) is 156 cm³/mol. The number of benzene rings is 2. The normalized spacial score (nSPS) is 21.3. The number of piperidine rings is 1. The molecule has 0 radical (unpaired) electrons. The van der Waals surface area contributed by atoms with Crippen LogP contribution in [0, 0.1) is 17.2 Å². The summed E-state index contributed by atoms with van der Waals surface area (Å²) >= 11 is 6.01. The maximum Gasteiger partial charge on any atom is 0.247 e. The summed E-state index contributed by atoms with van der Waals surface area (Å²) in [7, 11) is 2.19. The molecule has 2 fully saturated rings. The minimum Gasteiger partial charge on any atom is -0.491 e. The van der Waals surface area contributed by atoms with Gasteiger partial charge in [0.15, 0.2) is 0 Å². The van der Waals surface area contributed by atoms with Gasteiger partial charge < -0.3 is 20.3 Å². The van der Waals surface area contributed by atoms with Gasteiger partial charge in [0.2, 0.25) is 5.91 Å². The maximum atomic E-state index is 13.7. The minimum absolute atomic E-state index is 0.0163. The third kappa shape index (κ3) is 6.50. The van der Waals surface area contributed by atoms with Crippen LogP contribution in [0.4, 0.5) is 21.5 Å². The smallest absolute Gasteiger partial charge is 0.247 e. The zero-order valence-corrected chi connectivity index (χ0v) is 23.1. The highest BCUT2D eigenvalue weighted by molar-refractivity contribution is 6.31. The molecule has 2 heterocycles. The minimum atomic E-state index is -0.493. The number of rotatable bonds is 6. The fourth-order valence-corrected chi connectivity index (χ4v) is 5.88. The fourth-order valence-electron chi connectivity index (χ4n) is 5.70. The summed E-state index contributed by atoms with van der Waals surface area (Å²) in [5, 5.41) is 6.17. The first-order valence-electron chi connectivity index (χ1n) is 13.6. The van der Waals surface area contributed by atoms with Crippen molar-refractivity contribution in [3.63, 3.8) is 0 Å². The van der Waals surface area contributed by atoms with Gasteiger partial charge in [0.1, 0.15) is 17.4 Å². The van der Waals surface area contributed by atoms with Gasteiger partial charge >= 0.3 is 0 Å². The first-order chi connectivity index (χ1) is 18.8. The number of hydrogen-bond acceptors (Lipinski definition) is 6. The molecular formula is C30H35ClFN5O2. The molecule has 3 aliphatic rings. The number of amidine groups is 1. The Kier molecular flexibility index (Phi) is 8.33. The number of nitrogens with zero attached hydrogens (tertiary/aromatic N) is 3. The number of amides is 1. The number of nitrogens with one attached hydrogen (secondary N) is 2. The van der Waals surface area contributed by atoms with Crippen molar-refractivity contribution in [3.8, 4) is 5.75 Å². The van der Waals surface area contributed by atoms with Crippen LogP contribution in [0.3, 0.4) is 0 Å². The molecule has 5 rings (SSSR count). The van der Waals surface area contributed by atoms with Gasteiger partial charge in [-0.25, -0.2) is 4.39 Å². The lowest BCUT2D eigenvalue weighted by atomic mass is 9.58. The first kappa shape index (κ1) is 27.3. The molecule has 1 saturated heterocycles. The van der Waals surface area contributed by atoms with E-state index in [1.165, 1.54) is 43.9 Å². The van der Waals surface area contributed by atoms with E-state index in [-0.39, 0.29) is 10.9 Å². The second-order valence-electron chi connectivity index (χ2n) is 10.9. The predicted octanol–water partition coefficient (Wildman–Crippen LogP) is 6.46. The Bertz CT molecular complexity index is 1290. The summed E-state index contributed by atoms with van der Waals surface area (Å²) in [6, 6.07) is 8.11. The van der Waals surface area contributed by atoms with Gasteiger partial charge in [0, 0.05) is 30.1 Å². The SMILES string of the molecule is C=CC(=O)Nc1cc2c(cc1OCC1CC3(CCN(C)CC3)C1)/N=C\CCC/N=C\2Nc1ccc(F)c(Cl)c1. The summed E-state index contributed by atoms with van der Waals surface area (Å²) < 4.78 is 20.1. The van der Waals surface area contributed by atoms with Gasteiger partial charge in [-0.15, -0.1) is 0 Å². The quantitative estimate of drug-likeness (QED) is 0.404. The van der Waals surface area contributed by atoms with E-state index in [4.69, 9.17) is 26.3 Å². The van der Waals surface area contributed by atoms with Gasteiger partial charge in [-0.3, -0.25) is 14.8 Å². The van der Waals surface area contributed by atoms with E-state index in [0.717, 1.165) is 25.9 Å². The number of carbonyl (C=O) groups excluding carboxylic acids is 1. The first-order valence-corrected chi connectivity index (χ1v) is 13.9. The van der Waals surface area contributed by atoms with Gasteiger partial charge in [-0.1, -0.05) is 18.2 Å².